The molecule has 8 heteroatoms. The van der Waals surface area contributed by atoms with Crippen molar-refractivity contribution in [2.45, 2.75) is 46.0 Å². The Morgan fingerprint density at radius 3 is 2.50 bits per heavy atom. The van der Waals surface area contributed by atoms with Gasteiger partial charge in [0.1, 0.15) is 11.0 Å². The first-order chi connectivity index (χ1) is 13.5. The van der Waals surface area contributed by atoms with E-state index in [9.17, 15) is 8.78 Å². The Balaban J connectivity index is 1.70. The molecular formula is C20H19BrF2N2S3. The molecule has 0 saturated heterocycles. The molecule has 2 nitrogen and oxygen atoms in total. The molecule has 0 aliphatic heterocycles. The fourth-order valence-electron chi connectivity index (χ4n) is 3.47. The van der Waals surface area contributed by atoms with Crippen LogP contribution in [0.3, 0.4) is 0 Å². The number of hydrogen-bond acceptors (Lipinski definition) is 5. The summed E-state index contributed by atoms with van der Waals surface area (Å²) in [5.41, 5.74) is 1.00. The molecule has 0 bridgehead atoms. The van der Waals surface area contributed by atoms with Crippen LogP contribution in [0, 0.1) is 17.6 Å². The van der Waals surface area contributed by atoms with Gasteiger partial charge in [0.2, 0.25) is 0 Å². The topological polar surface area (TPSA) is 25.8 Å². The molecule has 0 spiro atoms. The summed E-state index contributed by atoms with van der Waals surface area (Å²) in [4.78, 5) is 2.08. The van der Waals surface area contributed by atoms with Gasteiger partial charge in [-0.2, -0.15) is 8.75 Å². The highest BCUT2D eigenvalue weighted by atomic mass is 79.9. The smallest absolute Gasteiger partial charge is 0.176 e. The Bertz CT molecular complexity index is 1100. The minimum Gasteiger partial charge on any atom is -0.203 e. The van der Waals surface area contributed by atoms with Crippen molar-refractivity contribution < 1.29 is 8.78 Å². The second-order valence-corrected chi connectivity index (χ2v) is 10.5. The first-order valence-electron chi connectivity index (χ1n) is 9.34. The van der Waals surface area contributed by atoms with Crippen molar-refractivity contribution in [1.82, 2.24) is 8.75 Å². The molecule has 28 heavy (non-hydrogen) atoms. The highest BCUT2D eigenvalue weighted by molar-refractivity contribution is 9.10. The van der Waals surface area contributed by atoms with Gasteiger partial charge in [-0.05, 0) is 40.4 Å². The maximum atomic E-state index is 14.7. The number of benzene rings is 1. The number of rotatable bonds is 7. The lowest BCUT2D eigenvalue weighted by Crippen LogP contribution is -2.01. The predicted molar refractivity (Wildman–Crippen MR) is 121 cm³/mol. The van der Waals surface area contributed by atoms with Gasteiger partial charge in [-0.1, -0.05) is 39.5 Å². The fraction of sp³-hybridized carbons (Fsp3) is 0.400. The highest BCUT2D eigenvalue weighted by Gasteiger charge is 2.24. The molecule has 4 rings (SSSR count). The van der Waals surface area contributed by atoms with Gasteiger partial charge < -0.3 is 0 Å². The standard InChI is InChI=1S/C20H19BrF2N2S3/c1-3-5-6-10(4-2)7-11-8-12-13(26-11)9-14(27-12)15-17(22)18(23)16(21)20-19(15)24-28-25-20/h8-10H,3-7H2,1-2H3. The molecule has 3 heterocycles. The van der Waals surface area contributed by atoms with Gasteiger partial charge in [0.15, 0.2) is 11.6 Å². The SMILES string of the molecule is CCCCC(CC)Cc1cc2sc(-c3c(F)c(F)c(Br)c4nsnc34)cc2s1. The van der Waals surface area contributed by atoms with Gasteiger partial charge in [0.25, 0.3) is 0 Å². The quantitative estimate of drug-likeness (QED) is 0.238. The number of thiophene rings is 2. The summed E-state index contributed by atoms with van der Waals surface area (Å²) in [6.45, 7) is 4.49. The van der Waals surface area contributed by atoms with Crippen molar-refractivity contribution in [3.63, 3.8) is 0 Å². The molecule has 0 saturated carbocycles. The number of halogens is 3. The van der Waals surface area contributed by atoms with E-state index in [4.69, 9.17) is 0 Å². The summed E-state index contributed by atoms with van der Waals surface area (Å²) in [6.07, 6.45) is 6.06. The van der Waals surface area contributed by atoms with Gasteiger partial charge >= 0.3 is 0 Å². The zero-order valence-corrected chi connectivity index (χ0v) is 19.6. The van der Waals surface area contributed by atoms with E-state index >= 15 is 0 Å². The molecule has 3 aromatic heterocycles. The van der Waals surface area contributed by atoms with E-state index in [0.29, 0.717) is 21.8 Å². The summed E-state index contributed by atoms with van der Waals surface area (Å²) in [6, 6.07) is 4.18. The Hall–Kier alpha value is -0.960. The summed E-state index contributed by atoms with van der Waals surface area (Å²) in [7, 11) is 0. The molecule has 0 radical (unpaired) electrons. The van der Waals surface area contributed by atoms with Crippen molar-refractivity contribution in [3.05, 3.63) is 33.1 Å². The van der Waals surface area contributed by atoms with Crippen LogP contribution >= 0.6 is 50.3 Å². The zero-order valence-electron chi connectivity index (χ0n) is 15.5. The minimum absolute atomic E-state index is 0.0378. The van der Waals surface area contributed by atoms with Gasteiger partial charge in [0, 0.05) is 19.2 Å². The van der Waals surface area contributed by atoms with Crippen LogP contribution in [-0.4, -0.2) is 8.75 Å². The summed E-state index contributed by atoms with van der Waals surface area (Å²) < 4.78 is 39.7. The number of unbranched alkanes of at least 4 members (excludes halogenated alkanes) is 1. The lowest BCUT2D eigenvalue weighted by atomic mass is 9.95. The first-order valence-corrected chi connectivity index (χ1v) is 12.5. The highest BCUT2D eigenvalue weighted by Crippen LogP contribution is 2.44. The summed E-state index contributed by atoms with van der Waals surface area (Å²) in [5.74, 6) is -1.06. The molecule has 148 valence electrons. The third-order valence-corrected chi connectivity index (χ3v) is 8.66. The van der Waals surface area contributed by atoms with Crippen LogP contribution in [-0.2, 0) is 6.42 Å². The predicted octanol–water partition coefficient (Wildman–Crippen LogP) is 8.43. The third kappa shape index (κ3) is 3.64. The van der Waals surface area contributed by atoms with Crippen molar-refractivity contribution in [3.8, 4) is 10.4 Å². The average molecular weight is 501 g/mol. The van der Waals surface area contributed by atoms with Gasteiger partial charge in [-0.3, -0.25) is 0 Å². The van der Waals surface area contributed by atoms with E-state index < -0.39 is 11.6 Å². The molecule has 0 fully saturated rings. The lowest BCUT2D eigenvalue weighted by molar-refractivity contribution is 0.452. The van der Waals surface area contributed by atoms with E-state index in [1.54, 1.807) is 11.3 Å². The van der Waals surface area contributed by atoms with Gasteiger partial charge in [-0.25, -0.2) is 8.78 Å². The molecule has 4 aromatic rings. The Morgan fingerprint density at radius 2 is 1.79 bits per heavy atom. The van der Waals surface area contributed by atoms with Crippen LogP contribution < -0.4 is 0 Å². The van der Waals surface area contributed by atoms with Crippen LogP contribution in [0.4, 0.5) is 8.78 Å². The molecule has 0 N–H and O–H groups in total. The van der Waals surface area contributed by atoms with Crippen LogP contribution in [0.1, 0.15) is 44.4 Å². The van der Waals surface area contributed by atoms with Crippen molar-refractivity contribution >= 4 is 70.8 Å². The van der Waals surface area contributed by atoms with Crippen LogP contribution in [0.15, 0.2) is 16.6 Å². The van der Waals surface area contributed by atoms with Crippen molar-refractivity contribution in [2.75, 3.05) is 0 Å². The monoisotopic (exact) mass is 500 g/mol. The van der Waals surface area contributed by atoms with Crippen LogP contribution in [0.2, 0.25) is 0 Å². The van der Waals surface area contributed by atoms with Gasteiger partial charge in [-0.15, -0.1) is 22.7 Å². The van der Waals surface area contributed by atoms with E-state index in [1.807, 2.05) is 6.07 Å². The Labute approximate surface area is 183 Å². The zero-order chi connectivity index (χ0) is 19.8. The van der Waals surface area contributed by atoms with E-state index in [1.165, 1.54) is 41.9 Å². The van der Waals surface area contributed by atoms with E-state index in [2.05, 4.69) is 44.6 Å². The number of fused-ring (bicyclic) bond motifs is 2. The van der Waals surface area contributed by atoms with Crippen molar-refractivity contribution in [2.24, 2.45) is 5.92 Å². The third-order valence-electron chi connectivity index (χ3n) is 5.08. The number of nitrogens with zero attached hydrogens (tertiary/aromatic N) is 2. The Morgan fingerprint density at radius 1 is 1.04 bits per heavy atom. The molecule has 1 aromatic carbocycles. The minimum atomic E-state index is -0.908. The summed E-state index contributed by atoms with van der Waals surface area (Å²) in [5, 5.41) is 0. The van der Waals surface area contributed by atoms with Crippen molar-refractivity contribution in [1.29, 1.82) is 0 Å². The normalized spacial score (nSPS) is 13.0. The summed E-state index contributed by atoms with van der Waals surface area (Å²) >= 11 is 7.32. The number of hydrogen-bond donors (Lipinski definition) is 0. The molecule has 1 unspecified atom stereocenters. The first kappa shape index (κ1) is 20.3. The molecule has 0 aliphatic rings. The molecule has 0 amide bonds. The van der Waals surface area contributed by atoms with E-state index in [0.717, 1.165) is 27.5 Å². The number of aromatic nitrogens is 2. The Kier molecular flexibility index (Phi) is 6.11. The van der Waals surface area contributed by atoms with Crippen LogP contribution in [0.5, 0.6) is 0 Å². The average Bonchev–Trinajstić information content (AvgIpc) is 3.38. The van der Waals surface area contributed by atoms with E-state index in [-0.39, 0.29) is 10.0 Å². The molecular weight excluding hydrogens is 482 g/mol. The second-order valence-electron chi connectivity index (χ2n) is 6.95. The van der Waals surface area contributed by atoms with Crippen LogP contribution in [0.25, 0.3) is 30.9 Å². The fourth-order valence-corrected chi connectivity index (χ4v) is 7.18. The second kappa shape index (κ2) is 8.42. The maximum Gasteiger partial charge on any atom is 0.176 e. The molecule has 0 aliphatic carbocycles. The van der Waals surface area contributed by atoms with Gasteiger partial charge in [0.05, 0.1) is 21.8 Å². The maximum absolute atomic E-state index is 14.7. The molecule has 1 atom stereocenters. The lowest BCUT2D eigenvalue weighted by Gasteiger charge is -2.12. The largest absolute Gasteiger partial charge is 0.203 e.